The van der Waals surface area contributed by atoms with E-state index in [1.807, 2.05) is 0 Å². The third-order valence-electron chi connectivity index (χ3n) is 2.80. The first kappa shape index (κ1) is 10.9. The number of rotatable bonds is 5. The van der Waals surface area contributed by atoms with Crippen LogP contribution in [0.5, 0.6) is 5.88 Å². The average molecular weight is 221 g/mol. The number of carboxylic acid groups (broad SMARTS) is 1. The molecule has 0 spiro atoms. The standard InChI is InChI=1S/C12H15NO3/c1-8-4-6-13-11(10(8)12(14)15)16-7-5-9-2-3-9/h4,6,9H,2-3,5,7H2,1H3,(H,14,15). The quantitative estimate of drug-likeness (QED) is 0.828. The Bertz CT molecular complexity index is 399. The number of ether oxygens (including phenoxy) is 1. The van der Waals surface area contributed by atoms with Crippen LogP contribution in [0.3, 0.4) is 0 Å². The molecule has 0 radical (unpaired) electrons. The molecule has 1 aromatic heterocycles. The summed E-state index contributed by atoms with van der Waals surface area (Å²) in [6.45, 7) is 2.31. The number of carboxylic acids is 1. The van der Waals surface area contributed by atoms with Crippen LogP contribution in [0.2, 0.25) is 0 Å². The number of nitrogens with zero attached hydrogens (tertiary/aromatic N) is 1. The van der Waals surface area contributed by atoms with Crippen LogP contribution in [-0.2, 0) is 0 Å². The number of aromatic nitrogens is 1. The molecule has 1 saturated carbocycles. The highest BCUT2D eigenvalue weighted by molar-refractivity contribution is 5.91. The Labute approximate surface area is 94.3 Å². The number of carbonyl (C=O) groups is 1. The van der Waals surface area contributed by atoms with Gasteiger partial charge in [-0.15, -0.1) is 0 Å². The molecule has 1 aromatic rings. The highest BCUT2D eigenvalue weighted by atomic mass is 16.5. The van der Waals surface area contributed by atoms with Crippen LogP contribution in [-0.4, -0.2) is 22.7 Å². The van der Waals surface area contributed by atoms with Crippen molar-refractivity contribution >= 4 is 5.97 Å². The molecule has 0 saturated heterocycles. The fourth-order valence-electron chi connectivity index (χ4n) is 1.63. The van der Waals surface area contributed by atoms with Gasteiger partial charge in [0.25, 0.3) is 0 Å². The number of hydrogen-bond donors (Lipinski definition) is 1. The Kier molecular flexibility index (Phi) is 3.08. The second kappa shape index (κ2) is 4.51. The third kappa shape index (κ3) is 2.51. The van der Waals surface area contributed by atoms with E-state index in [9.17, 15) is 4.79 Å². The minimum absolute atomic E-state index is 0.179. The monoisotopic (exact) mass is 221 g/mol. The van der Waals surface area contributed by atoms with Crippen molar-refractivity contribution in [3.8, 4) is 5.88 Å². The summed E-state index contributed by atoms with van der Waals surface area (Å²) in [5.41, 5.74) is 0.863. The highest BCUT2D eigenvalue weighted by Gasteiger charge is 2.22. The van der Waals surface area contributed by atoms with E-state index >= 15 is 0 Å². The van der Waals surface area contributed by atoms with Gasteiger partial charge in [0.1, 0.15) is 5.56 Å². The summed E-state index contributed by atoms with van der Waals surface area (Å²) in [6, 6.07) is 1.68. The lowest BCUT2D eigenvalue weighted by Gasteiger charge is -2.09. The van der Waals surface area contributed by atoms with Crippen molar-refractivity contribution in [3.05, 3.63) is 23.4 Å². The Morgan fingerprint density at radius 3 is 3.00 bits per heavy atom. The van der Waals surface area contributed by atoms with Gasteiger partial charge >= 0.3 is 5.97 Å². The lowest BCUT2D eigenvalue weighted by atomic mass is 10.1. The summed E-state index contributed by atoms with van der Waals surface area (Å²) in [4.78, 5) is 15.0. The molecule has 0 atom stereocenters. The van der Waals surface area contributed by atoms with Gasteiger partial charge in [0.05, 0.1) is 6.61 Å². The van der Waals surface area contributed by atoms with Gasteiger partial charge in [-0.2, -0.15) is 0 Å². The van der Waals surface area contributed by atoms with Crippen molar-refractivity contribution in [3.63, 3.8) is 0 Å². The molecular formula is C12H15NO3. The summed E-state index contributed by atoms with van der Waals surface area (Å²) >= 11 is 0. The first-order valence-electron chi connectivity index (χ1n) is 5.50. The largest absolute Gasteiger partial charge is 0.477 e. The van der Waals surface area contributed by atoms with Gasteiger partial charge in [-0.3, -0.25) is 0 Å². The topological polar surface area (TPSA) is 59.4 Å². The van der Waals surface area contributed by atoms with Crippen molar-refractivity contribution in [2.75, 3.05) is 6.61 Å². The first-order chi connectivity index (χ1) is 7.68. The maximum Gasteiger partial charge on any atom is 0.341 e. The van der Waals surface area contributed by atoms with Crippen molar-refractivity contribution in [1.82, 2.24) is 4.98 Å². The zero-order valence-electron chi connectivity index (χ0n) is 9.27. The molecule has 1 heterocycles. The molecule has 86 valence electrons. The number of aromatic carboxylic acids is 1. The smallest absolute Gasteiger partial charge is 0.341 e. The molecule has 1 N–H and O–H groups in total. The predicted molar refractivity (Wildman–Crippen MR) is 58.8 cm³/mol. The van der Waals surface area contributed by atoms with Crippen LogP contribution >= 0.6 is 0 Å². The Hall–Kier alpha value is -1.58. The van der Waals surface area contributed by atoms with E-state index in [2.05, 4.69) is 4.98 Å². The van der Waals surface area contributed by atoms with Gasteiger partial charge in [0.15, 0.2) is 0 Å². The van der Waals surface area contributed by atoms with Crippen LogP contribution in [0.15, 0.2) is 12.3 Å². The average Bonchev–Trinajstić information content (AvgIpc) is 3.01. The molecule has 1 aliphatic carbocycles. The van der Waals surface area contributed by atoms with E-state index in [4.69, 9.17) is 9.84 Å². The molecule has 0 bridgehead atoms. The Balaban J connectivity index is 2.05. The van der Waals surface area contributed by atoms with Gasteiger partial charge in [0.2, 0.25) is 5.88 Å². The lowest BCUT2D eigenvalue weighted by molar-refractivity contribution is 0.0690. The van der Waals surface area contributed by atoms with Crippen molar-refractivity contribution in [1.29, 1.82) is 0 Å². The molecule has 0 amide bonds. The minimum Gasteiger partial charge on any atom is -0.477 e. The molecule has 0 unspecified atom stereocenters. The molecule has 1 fully saturated rings. The molecule has 1 aliphatic rings. The molecule has 0 aromatic carbocycles. The fourth-order valence-corrected chi connectivity index (χ4v) is 1.63. The summed E-state index contributed by atoms with van der Waals surface area (Å²) in [7, 11) is 0. The maximum absolute atomic E-state index is 11.0. The SMILES string of the molecule is Cc1ccnc(OCCC2CC2)c1C(=O)O. The lowest BCUT2D eigenvalue weighted by Crippen LogP contribution is -2.08. The zero-order valence-corrected chi connectivity index (χ0v) is 9.27. The maximum atomic E-state index is 11.0. The van der Waals surface area contributed by atoms with Crippen molar-refractivity contribution < 1.29 is 14.6 Å². The Morgan fingerprint density at radius 1 is 1.62 bits per heavy atom. The van der Waals surface area contributed by atoms with E-state index in [1.54, 1.807) is 19.2 Å². The normalized spacial score (nSPS) is 14.8. The summed E-state index contributed by atoms with van der Waals surface area (Å²) in [6.07, 6.45) is 5.12. The molecule has 0 aliphatic heterocycles. The van der Waals surface area contributed by atoms with E-state index in [-0.39, 0.29) is 11.4 Å². The molecule has 4 nitrogen and oxygen atoms in total. The van der Waals surface area contributed by atoms with E-state index in [1.165, 1.54) is 12.8 Å². The van der Waals surface area contributed by atoms with Crippen LogP contribution in [0.1, 0.15) is 35.2 Å². The number of hydrogen-bond acceptors (Lipinski definition) is 3. The van der Waals surface area contributed by atoms with E-state index in [0.717, 1.165) is 12.3 Å². The molecule has 2 rings (SSSR count). The van der Waals surface area contributed by atoms with E-state index < -0.39 is 5.97 Å². The van der Waals surface area contributed by atoms with Crippen LogP contribution in [0.25, 0.3) is 0 Å². The summed E-state index contributed by atoms with van der Waals surface area (Å²) < 4.78 is 5.44. The molecule has 16 heavy (non-hydrogen) atoms. The van der Waals surface area contributed by atoms with Crippen LogP contribution in [0, 0.1) is 12.8 Å². The van der Waals surface area contributed by atoms with Crippen molar-refractivity contribution in [2.45, 2.75) is 26.2 Å². The van der Waals surface area contributed by atoms with Gasteiger partial charge in [-0.05, 0) is 30.9 Å². The Morgan fingerprint density at radius 2 is 2.38 bits per heavy atom. The highest BCUT2D eigenvalue weighted by Crippen LogP contribution is 2.32. The first-order valence-corrected chi connectivity index (χ1v) is 5.50. The molecular weight excluding hydrogens is 206 g/mol. The predicted octanol–water partition coefficient (Wildman–Crippen LogP) is 2.27. The summed E-state index contributed by atoms with van der Waals surface area (Å²) in [5, 5.41) is 9.05. The van der Waals surface area contributed by atoms with Gasteiger partial charge in [0, 0.05) is 6.20 Å². The minimum atomic E-state index is -0.980. The van der Waals surface area contributed by atoms with Gasteiger partial charge in [-0.1, -0.05) is 12.8 Å². The fraction of sp³-hybridized carbons (Fsp3) is 0.500. The van der Waals surface area contributed by atoms with Crippen LogP contribution < -0.4 is 4.74 Å². The number of aryl methyl sites for hydroxylation is 1. The second-order valence-corrected chi connectivity index (χ2v) is 4.19. The third-order valence-corrected chi connectivity index (χ3v) is 2.80. The van der Waals surface area contributed by atoms with Gasteiger partial charge < -0.3 is 9.84 Å². The molecule has 4 heteroatoms. The zero-order chi connectivity index (χ0) is 11.5. The second-order valence-electron chi connectivity index (χ2n) is 4.19. The van der Waals surface area contributed by atoms with Crippen LogP contribution in [0.4, 0.5) is 0 Å². The van der Waals surface area contributed by atoms with Crippen molar-refractivity contribution in [2.24, 2.45) is 5.92 Å². The van der Waals surface area contributed by atoms with Gasteiger partial charge in [-0.25, -0.2) is 9.78 Å². The summed E-state index contributed by atoms with van der Waals surface area (Å²) in [5.74, 6) is 0.0401. The number of pyridine rings is 1. The van der Waals surface area contributed by atoms with E-state index in [0.29, 0.717) is 12.2 Å².